The highest BCUT2D eigenvalue weighted by Gasteiger charge is 2.33. The Bertz CT molecular complexity index is 1840. The minimum atomic E-state index is -0.672. The first kappa shape index (κ1) is 29.0. The Morgan fingerprint density at radius 1 is 0.976 bits per heavy atom. The van der Waals surface area contributed by atoms with Crippen molar-refractivity contribution in [2.24, 2.45) is 4.99 Å². The number of fused-ring (bicyclic) bond motifs is 1. The standard InChI is InChI=1S/C33H32N2O6S/c1-6-39-31(37)24-14-10-22(11-15-24)26-17-16-25(41-26)18-27-30(36)35-29(23-12-8-21(9-13-23)19(3)4)28(32(38)40-7-2)20(5)34-33(35)42-27/h8-19,29H,6-7H2,1-5H3/b27-18-. The summed E-state index contributed by atoms with van der Waals surface area (Å²) in [7, 11) is 0. The van der Waals surface area contributed by atoms with Gasteiger partial charge in [-0.1, -0.05) is 61.6 Å². The van der Waals surface area contributed by atoms with Crippen LogP contribution in [0, 0.1) is 0 Å². The Balaban J connectivity index is 1.55. The van der Waals surface area contributed by atoms with Gasteiger partial charge >= 0.3 is 11.9 Å². The molecule has 0 saturated carbocycles. The maximum absolute atomic E-state index is 13.9. The van der Waals surface area contributed by atoms with Crippen LogP contribution in [0.4, 0.5) is 0 Å². The quantitative estimate of drug-likeness (QED) is 0.259. The fourth-order valence-corrected chi connectivity index (χ4v) is 5.90. The van der Waals surface area contributed by atoms with Gasteiger partial charge in [0.15, 0.2) is 4.80 Å². The molecule has 0 saturated heterocycles. The summed E-state index contributed by atoms with van der Waals surface area (Å²) in [6.07, 6.45) is 1.68. The second kappa shape index (κ2) is 12.2. The number of thiazole rings is 1. The van der Waals surface area contributed by atoms with Crippen LogP contribution in [0.15, 0.2) is 86.1 Å². The maximum atomic E-state index is 13.9. The molecule has 1 atom stereocenters. The number of benzene rings is 2. The molecule has 3 heterocycles. The fourth-order valence-electron chi connectivity index (χ4n) is 4.87. The van der Waals surface area contributed by atoms with Gasteiger partial charge in [-0.05, 0) is 62.1 Å². The molecule has 1 aliphatic rings. The molecule has 1 unspecified atom stereocenters. The van der Waals surface area contributed by atoms with E-state index in [1.807, 2.05) is 30.3 Å². The van der Waals surface area contributed by atoms with E-state index in [0.29, 0.717) is 50.2 Å². The van der Waals surface area contributed by atoms with E-state index in [0.717, 1.165) is 16.7 Å². The van der Waals surface area contributed by atoms with E-state index in [-0.39, 0.29) is 18.1 Å². The number of nitrogens with zero attached hydrogens (tertiary/aromatic N) is 2. The number of furan rings is 1. The van der Waals surface area contributed by atoms with E-state index >= 15 is 0 Å². The second-order valence-electron chi connectivity index (χ2n) is 10.1. The van der Waals surface area contributed by atoms with E-state index in [1.165, 1.54) is 11.3 Å². The normalized spacial score (nSPS) is 15.0. The maximum Gasteiger partial charge on any atom is 0.338 e. The van der Waals surface area contributed by atoms with Crippen molar-refractivity contribution >= 4 is 29.4 Å². The topological polar surface area (TPSA) is 100 Å². The van der Waals surface area contributed by atoms with Gasteiger partial charge in [0.2, 0.25) is 0 Å². The Hall–Kier alpha value is -4.50. The molecular weight excluding hydrogens is 552 g/mol. The molecule has 42 heavy (non-hydrogen) atoms. The molecule has 9 heteroatoms. The van der Waals surface area contributed by atoms with E-state index in [1.54, 1.807) is 61.7 Å². The predicted octanol–water partition coefficient (Wildman–Crippen LogP) is 5.36. The van der Waals surface area contributed by atoms with E-state index < -0.39 is 12.0 Å². The van der Waals surface area contributed by atoms with Crippen LogP contribution in [-0.2, 0) is 14.3 Å². The van der Waals surface area contributed by atoms with Crippen molar-refractivity contribution in [1.82, 2.24) is 4.57 Å². The highest BCUT2D eigenvalue weighted by atomic mass is 32.1. The molecule has 0 fully saturated rings. The lowest BCUT2D eigenvalue weighted by Crippen LogP contribution is -2.39. The highest BCUT2D eigenvalue weighted by molar-refractivity contribution is 7.07. The molecule has 0 bridgehead atoms. The number of carbonyl (C=O) groups is 2. The molecule has 216 valence electrons. The fraction of sp³-hybridized carbons (Fsp3) is 0.273. The van der Waals surface area contributed by atoms with Crippen LogP contribution >= 0.6 is 11.3 Å². The van der Waals surface area contributed by atoms with Crippen LogP contribution in [0.25, 0.3) is 17.4 Å². The van der Waals surface area contributed by atoms with Gasteiger partial charge in [-0.25, -0.2) is 14.6 Å². The average Bonchev–Trinajstić information content (AvgIpc) is 3.57. The largest absolute Gasteiger partial charge is 0.463 e. The molecule has 2 aromatic carbocycles. The number of ether oxygens (including phenoxy) is 2. The summed E-state index contributed by atoms with van der Waals surface area (Å²) in [6.45, 7) is 10.0. The highest BCUT2D eigenvalue weighted by Crippen LogP contribution is 2.31. The molecular formula is C33H32N2O6S. The molecule has 0 N–H and O–H groups in total. The summed E-state index contributed by atoms with van der Waals surface area (Å²) in [5, 5.41) is 0. The summed E-state index contributed by atoms with van der Waals surface area (Å²) in [4.78, 5) is 44.1. The predicted molar refractivity (Wildman–Crippen MR) is 161 cm³/mol. The first-order valence-electron chi connectivity index (χ1n) is 13.9. The summed E-state index contributed by atoms with van der Waals surface area (Å²) >= 11 is 1.24. The first-order chi connectivity index (χ1) is 20.2. The van der Waals surface area contributed by atoms with Crippen molar-refractivity contribution in [1.29, 1.82) is 0 Å². The number of hydrogen-bond donors (Lipinski definition) is 0. The molecule has 0 radical (unpaired) electrons. The summed E-state index contributed by atoms with van der Waals surface area (Å²) < 4.78 is 18.5. The molecule has 1 aliphatic heterocycles. The van der Waals surface area contributed by atoms with Crippen LogP contribution in [0.1, 0.15) is 73.8 Å². The number of hydrogen-bond acceptors (Lipinski definition) is 8. The van der Waals surface area contributed by atoms with Crippen molar-refractivity contribution in [3.8, 4) is 11.3 Å². The van der Waals surface area contributed by atoms with Crippen molar-refractivity contribution in [2.45, 2.75) is 46.6 Å². The zero-order chi connectivity index (χ0) is 30.0. The van der Waals surface area contributed by atoms with Gasteiger partial charge in [-0.3, -0.25) is 9.36 Å². The van der Waals surface area contributed by atoms with Gasteiger partial charge in [0, 0.05) is 11.6 Å². The van der Waals surface area contributed by atoms with Gasteiger partial charge in [0.25, 0.3) is 5.56 Å². The number of carbonyl (C=O) groups excluding carboxylic acids is 2. The van der Waals surface area contributed by atoms with Crippen LogP contribution in [-0.4, -0.2) is 29.7 Å². The second-order valence-corrected chi connectivity index (χ2v) is 11.1. The Morgan fingerprint density at radius 2 is 1.64 bits per heavy atom. The summed E-state index contributed by atoms with van der Waals surface area (Å²) in [5.41, 5.74) is 3.79. The van der Waals surface area contributed by atoms with Crippen molar-refractivity contribution in [3.63, 3.8) is 0 Å². The van der Waals surface area contributed by atoms with Gasteiger partial charge in [-0.2, -0.15) is 0 Å². The number of allylic oxidation sites excluding steroid dienone is 1. The molecule has 2 aromatic heterocycles. The third kappa shape index (κ3) is 5.65. The average molecular weight is 585 g/mol. The molecule has 5 rings (SSSR count). The van der Waals surface area contributed by atoms with E-state index in [9.17, 15) is 14.4 Å². The number of aromatic nitrogens is 1. The first-order valence-corrected chi connectivity index (χ1v) is 14.7. The third-order valence-corrected chi connectivity index (χ3v) is 8.00. The molecule has 0 aliphatic carbocycles. The number of esters is 2. The monoisotopic (exact) mass is 584 g/mol. The minimum Gasteiger partial charge on any atom is -0.463 e. The summed E-state index contributed by atoms with van der Waals surface area (Å²) in [5.74, 6) is 0.555. The van der Waals surface area contributed by atoms with Crippen LogP contribution in [0.2, 0.25) is 0 Å². The Morgan fingerprint density at radius 3 is 2.29 bits per heavy atom. The molecule has 8 nitrogen and oxygen atoms in total. The molecule has 0 spiro atoms. The summed E-state index contributed by atoms with van der Waals surface area (Å²) in [6, 6.07) is 17.8. The molecule has 4 aromatic rings. The lowest BCUT2D eigenvalue weighted by Gasteiger charge is -2.25. The smallest absolute Gasteiger partial charge is 0.338 e. The van der Waals surface area contributed by atoms with E-state index in [2.05, 4.69) is 18.8 Å². The minimum absolute atomic E-state index is 0.214. The zero-order valence-corrected chi connectivity index (χ0v) is 25.0. The number of rotatable bonds is 8. The van der Waals surface area contributed by atoms with Crippen molar-refractivity contribution in [3.05, 3.63) is 114 Å². The van der Waals surface area contributed by atoms with Crippen molar-refractivity contribution < 1.29 is 23.5 Å². The SMILES string of the molecule is CCOC(=O)C1=C(C)N=c2s/c(=C\c3ccc(-c4ccc(C(=O)OCC)cc4)o3)c(=O)n2C1c1ccc(C(C)C)cc1. The van der Waals surface area contributed by atoms with Gasteiger partial charge in [-0.15, -0.1) is 0 Å². The van der Waals surface area contributed by atoms with Gasteiger partial charge < -0.3 is 13.9 Å². The van der Waals surface area contributed by atoms with Crippen LogP contribution in [0.3, 0.4) is 0 Å². The van der Waals surface area contributed by atoms with Crippen LogP contribution in [0.5, 0.6) is 0 Å². The molecule has 0 amide bonds. The lowest BCUT2D eigenvalue weighted by molar-refractivity contribution is -0.139. The van der Waals surface area contributed by atoms with Crippen LogP contribution < -0.4 is 14.9 Å². The Kier molecular flexibility index (Phi) is 8.40. The van der Waals surface area contributed by atoms with Gasteiger partial charge in [0.1, 0.15) is 11.5 Å². The lowest BCUT2D eigenvalue weighted by atomic mass is 9.93. The third-order valence-electron chi connectivity index (χ3n) is 7.02. The van der Waals surface area contributed by atoms with E-state index in [4.69, 9.17) is 13.9 Å². The Labute approximate surface area is 247 Å². The van der Waals surface area contributed by atoms with Gasteiger partial charge in [0.05, 0.1) is 40.6 Å². The van der Waals surface area contributed by atoms with Crippen molar-refractivity contribution in [2.75, 3.05) is 13.2 Å². The zero-order valence-electron chi connectivity index (χ0n) is 24.2.